The van der Waals surface area contributed by atoms with Gasteiger partial charge in [-0.3, -0.25) is 9.69 Å². The molecule has 2 rings (SSSR count). The number of carbonyl (C=O) groups excluding carboxylic acids is 2. The van der Waals surface area contributed by atoms with Crippen LogP contribution in [0.15, 0.2) is 16.8 Å². The number of aromatic nitrogens is 1. The molecule has 0 saturated carbocycles. The van der Waals surface area contributed by atoms with Crippen molar-refractivity contribution in [3.05, 3.63) is 18.0 Å². The summed E-state index contributed by atoms with van der Waals surface area (Å²) in [6.45, 7) is 0.759. The van der Waals surface area contributed by atoms with Gasteiger partial charge < -0.3 is 9.26 Å². The lowest BCUT2D eigenvalue weighted by Crippen LogP contribution is -2.30. The Morgan fingerprint density at radius 2 is 2.50 bits per heavy atom. The van der Waals surface area contributed by atoms with Crippen molar-refractivity contribution in [1.29, 1.82) is 0 Å². The maximum absolute atomic E-state index is 11.4. The van der Waals surface area contributed by atoms with Gasteiger partial charge in [0.2, 0.25) is 11.5 Å². The van der Waals surface area contributed by atoms with E-state index in [0.29, 0.717) is 13.2 Å². The van der Waals surface area contributed by atoms with Crippen LogP contribution < -0.4 is 0 Å². The smallest absolute Gasteiger partial charge is 0.410 e. The Bertz CT molecular complexity index is 346. The SMILES string of the molecule is O=C(CN1CCOC1=O)c1ccno1. The Kier molecular flexibility index (Phi) is 2.18. The Labute approximate surface area is 79.4 Å². The number of ketones is 1. The highest BCUT2D eigenvalue weighted by Gasteiger charge is 2.25. The Hall–Kier alpha value is -1.85. The summed E-state index contributed by atoms with van der Waals surface area (Å²) in [5.41, 5.74) is 0. The third-order valence-electron chi connectivity index (χ3n) is 1.89. The summed E-state index contributed by atoms with van der Waals surface area (Å²) in [6.07, 6.45) is 0.924. The minimum absolute atomic E-state index is 0.0198. The highest BCUT2D eigenvalue weighted by atomic mass is 16.6. The zero-order chi connectivity index (χ0) is 9.97. The van der Waals surface area contributed by atoms with Gasteiger partial charge in [0, 0.05) is 6.07 Å². The lowest BCUT2D eigenvalue weighted by atomic mass is 10.3. The molecule has 1 aliphatic rings. The lowest BCUT2D eigenvalue weighted by Gasteiger charge is -2.08. The minimum Gasteiger partial charge on any atom is -0.448 e. The van der Waals surface area contributed by atoms with E-state index in [1.807, 2.05) is 0 Å². The summed E-state index contributed by atoms with van der Waals surface area (Å²) >= 11 is 0. The largest absolute Gasteiger partial charge is 0.448 e. The van der Waals surface area contributed by atoms with Gasteiger partial charge in [-0.1, -0.05) is 5.16 Å². The fourth-order valence-electron chi connectivity index (χ4n) is 1.18. The average molecular weight is 196 g/mol. The number of hydrogen-bond donors (Lipinski definition) is 0. The molecule has 0 bridgehead atoms. The number of cyclic esters (lactones) is 1. The van der Waals surface area contributed by atoms with Crippen LogP contribution in [0.5, 0.6) is 0 Å². The summed E-state index contributed by atoms with van der Waals surface area (Å²) in [7, 11) is 0. The number of Topliss-reactive ketones (excluding diaryl/α,β-unsaturated/α-hetero) is 1. The molecule has 1 amide bonds. The second-order valence-electron chi connectivity index (χ2n) is 2.84. The fraction of sp³-hybridized carbons (Fsp3) is 0.375. The van der Waals surface area contributed by atoms with Crippen LogP contribution in [0.4, 0.5) is 4.79 Å². The van der Waals surface area contributed by atoms with Crippen LogP contribution in [-0.4, -0.2) is 41.6 Å². The van der Waals surface area contributed by atoms with Gasteiger partial charge in [-0.25, -0.2) is 4.79 Å². The second kappa shape index (κ2) is 3.49. The Morgan fingerprint density at radius 3 is 3.07 bits per heavy atom. The van der Waals surface area contributed by atoms with Gasteiger partial charge in [0.25, 0.3) is 0 Å². The van der Waals surface area contributed by atoms with E-state index in [1.54, 1.807) is 0 Å². The van der Waals surface area contributed by atoms with Crippen LogP contribution in [0.2, 0.25) is 0 Å². The van der Waals surface area contributed by atoms with Gasteiger partial charge in [0.1, 0.15) is 6.61 Å². The molecule has 1 aliphatic heterocycles. The number of nitrogens with zero attached hydrogens (tertiary/aromatic N) is 2. The zero-order valence-electron chi connectivity index (χ0n) is 7.30. The minimum atomic E-state index is -0.460. The van der Waals surface area contributed by atoms with Crippen molar-refractivity contribution in [1.82, 2.24) is 10.1 Å². The van der Waals surface area contributed by atoms with Gasteiger partial charge in [-0.2, -0.15) is 0 Å². The molecule has 0 unspecified atom stereocenters. The lowest BCUT2D eigenvalue weighted by molar-refractivity contribution is 0.0908. The standard InChI is InChI=1S/C8H8N2O4/c11-6(7-1-2-9-14-7)5-10-3-4-13-8(10)12/h1-2H,3-5H2. The van der Waals surface area contributed by atoms with Crippen molar-refractivity contribution >= 4 is 11.9 Å². The average Bonchev–Trinajstić information content (AvgIpc) is 2.77. The summed E-state index contributed by atoms with van der Waals surface area (Å²) in [4.78, 5) is 23.7. The van der Waals surface area contributed by atoms with Crippen LogP contribution in [0.25, 0.3) is 0 Å². The molecule has 1 fully saturated rings. The van der Waals surface area contributed by atoms with Crippen molar-refractivity contribution in [2.45, 2.75) is 0 Å². The van der Waals surface area contributed by atoms with E-state index in [-0.39, 0.29) is 18.1 Å². The van der Waals surface area contributed by atoms with Crippen LogP contribution in [0.3, 0.4) is 0 Å². The van der Waals surface area contributed by atoms with Crippen molar-refractivity contribution in [2.75, 3.05) is 19.7 Å². The molecule has 14 heavy (non-hydrogen) atoms. The van der Waals surface area contributed by atoms with Crippen molar-refractivity contribution < 1.29 is 18.8 Å². The molecular weight excluding hydrogens is 188 g/mol. The number of hydrogen-bond acceptors (Lipinski definition) is 5. The molecule has 0 radical (unpaired) electrons. The molecule has 1 aromatic rings. The van der Waals surface area contributed by atoms with Crippen LogP contribution >= 0.6 is 0 Å². The van der Waals surface area contributed by atoms with Gasteiger partial charge in [0.15, 0.2) is 0 Å². The predicted molar refractivity (Wildman–Crippen MR) is 43.8 cm³/mol. The van der Waals surface area contributed by atoms with Crippen molar-refractivity contribution in [2.24, 2.45) is 0 Å². The molecule has 1 aromatic heterocycles. The van der Waals surface area contributed by atoms with E-state index in [0.717, 1.165) is 0 Å². The molecule has 0 atom stereocenters. The summed E-state index contributed by atoms with van der Waals surface area (Å²) < 4.78 is 9.33. The van der Waals surface area contributed by atoms with Gasteiger partial charge in [-0.05, 0) is 0 Å². The number of carbonyl (C=O) groups is 2. The number of amides is 1. The Balaban J connectivity index is 1.98. The molecule has 0 aliphatic carbocycles. The van der Waals surface area contributed by atoms with Crippen molar-refractivity contribution in [3.8, 4) is 0 Å². The third kappa shape index (κ3) is 1.59. The normalized spacial score (nSPS) is 15.7. The van der Waals surface area contributed by atoms with E-state index in [4.69, 9.17) is 0 Å². The third-order valence-corrected chi connectivity index (χ3v) is 1.89. The first-order chi connectivity index (χ1) is 6.77. The van der Waals surface area contributed by atoms with Gasteiger partial charge in [0.05, 0.1) is 19.3 Å². The number of rotatable bonds is 3. The first kappa shape index (κ1) is 8.74. The Morgan fingerprint density at radius 1 is 1.64 bits per heavy atom. The predicted octanol–water partition coefficient (Wildman–Crippen LogP) is 0.310. The molecule has 6 heteroatoms. The maximum atomic E-state index is 11.4. The van der Waals surface area contributed by atoms with E-state index in [1.165, 1.54) is 17.2 Å². The molecule has 0 N–H and O–H groups in total. The summed E-state index contributed by atoms with van der Waals surface area (Å²) in [5.74, 6) is -0.119. The van der Waals surface area contributed by atoms with Crippen LogP contribution in [0, 0.1) is 0 Å². The molecule has 1 saturated heterocycles. The van der Waals surface area contributed by atoms with Crippen LogP contribution in [0.1, 0.15) is 10.6 Å². The second-order valence-corrected chi connectivity index (χ2v) is 2.84. The quantitative estimate of drug-likeness (QED) is 0.650. The van der Waals surface area contributed by atoms with Crippen LogP contribution in [-0.2, 0) is 4.74 Å². The molecule has 6 nitrogen and oxygen atoms in total. The summed E-state index contributed by atoms with van der Waals surface area (Å²) in [5, 5.41) is 3.41. The van der Waals surface area contributed by atoms with Gasteiger partial charge in [-0.15, -0.1) is 0 Å². The number of ether oxygens (including phenoxy) is 1. The van der Waals surface area contributed by atoms with E-state index in [9.17, 15) is 9.59 Å². The monoisotopic (exact) mass is 196 g/mol. The molecule has 2 heterocycles. The van der Waals surface area contributed by atoms with Crippen molar-refractivity contribution in [3.63, 3.8) is 0 Å². The van der Waals surface area contributed by atoms with E-state index >= 15 is 0 Å². The first-order valence-corrected chi connectivity index (χ1v) is 4.13. The maximum Gasteiger partial charge on any atom is 0.410 e. The highest BCUT2D eigenvalue weighted by Crippen LogP contribution is 2.06. The first-order valence-electron chi connectivity index (χ1n) is 4.13. The van der Waals surface area contributed by atoms with Gasteiger partial charge >= 0.3 is 6.09 Å². The molecule has 74 valence electrons. The fourth-order valence-corrected chi connectivity index (χ4v) is 1.18. The van der Waals surface area contributed by atoms with E-state index < -0.39 is 6.09 Å². The highest BCUT2D eigenvalue weighted by molar-refractivity contribution is 5.96. The molecule has 0 spiro atoms. The molecule has 0 aromatic carbocycles. The zero-order valence-corrected chi connectivity index (χ0v) is 7.30. The summed E-state index contributed by atoms with van der Waals surface area (Å²) in [6, 6.07) is 1.46. The topological polar surface area (TPSA) is 72.6 Å². The van der Waals surface area contributed by atoms with E-state index in [2.05, 4.69) is 14.4 Å². The molecular formula is C8H8N2O4.